The van der Waals surface area contributed by atoms with Gasteiger partial charge in [0.15, 0.2) is 5.69 Å². The molecule has 1 N–H and O–H groups in total. The zero-order valence-electron chi connectivity index (χ0n) is 19.1. The second kappa shape index (κ2) is 10.6. The molecule has 0 atom stereocenters. The zero-order chi connectivity index (χ0) is 22.3. The van der Waals surface area contributed by atoms with Crippen LogP contribution in [0.15, 0.2) is 54.9 Å². The summed E-state index contributed by atoms with van der Waals surface area (Å²) in [6.07, 6.45) is 6.39. The van der Waals surface area contributed by atoms with Crippen molar-refractivity contribution in [2.45, 2.75) is 46.2 Å². The molecular weight excluding hydrogens is 398 g/mol. The summed E-state index contributed by atoms with van der Waals surface area (Å²) in [6.45, 7) is 8.62. The number of benzene rings is 1. The highest BCUT2D eigenvalue weighted by atomic mass is 16.1. The number of aryl methyl sites for hydroxylation is 1. The van der Waals surface area contributed by atoms with Crippen molar-refractivity contribution in [2.24, 2.45) is 5.92 Å². The lowest BCUT2D eigenvalue weighted by molar-refractivity contribution is 0.0945. The molecular formula is C26H33N5O. The number of pyridine rings is 1. The minimum absolute atomic E-state index is 0.0609. The topological polar surface area (TPSA) is 63.1 Å². The summed E-state index contributed by atoms with van der Waals surface area (Å²) in [7, 11) is 0. The van der Waals surface area contributed by atoms with Gasteiger partial charge in [-0.1, -0.05) is 44.2 Å². The van der Waals surface area contributed by atoms with E-state index >= 15 is 0 Å². The fourth-order valence-electron chi connectivity index (χ4n) is 4.42. The van der Waals surface area contributed by atoms with E-state index in [-0.39, 0.29) is 5.91 Å². The highest BCUT2D eigenvalue weighted by Crippen LogP contribution is 2.24. The van der Waals surface area contributed by atoms with Crippen LogP contribution in [0.2, 0.25) is 0 Å². The monoisotopic (exact) mass is 431 g/mol. The lowest BCUT2D eigenvalue weighted by Crippen LogP contribution is -2.35. The Labute approximate surface area is 190 Å². The van der Waals surface area contributed by atoms with E-state index in [2.05, 4.69) is 53.3 Å². The maximum Gasteiger partial charge on any atom is 0.272 e. The third-order valence-electron chi connectivity index (χ3n) is 5.90. The Kier molecular flexibility index (Phi) is 7.32. The first-order valence-corrected chi connectivity index (χ1v) is 11.6. The van der Waals surface area contributed by atoms with Gasteiger partial charge in [-0.25, -0.2) is 0 Å². The number of nitrogens with zero attached hydrogens (tertiary/aromatic N) is 4. The largest absolute Gasteiger partial charge is 0.351 e. The summed E-state index contributed by atoms with van der Waals surface area (Å²) in [5.41, 5.74) is 5.31. The van der Waals surface area contributed by atoms with Crippen molar-refractivity contribution in [1.29, 1.82) is 0 Å². The first-order valence-electron chi connectivity index (χ1n) is 11.6. The van der Waals surface area contributed by atoms with E-state index < -0.39 is 0 Å². The number of rotatable bonds is 9. The number of carbonyl (C=O) groups excluding carboxylic acids is 1. The predicted molar refractivity (Wildman–Crippen MR) is 126 cm³/mol. The third-order valence-corrected chi connectivity index (χ3v) is 5.90. The molecule has 0 fully saturated rings. The van der Waals surface area contributed by atoms with E-state index in [9.17, 15) is 4.79 Å². The molecule has 2 aromatic heterocycles. The van der Waals surface area contributed by atoms with Crippen LogP contribution in [0.5, 0.6) is 0 Å². The normalized spacial score (nSPS) is 13.8. The Morgan fingerprint density at radius 1 is 1.09 bits per heavy atom. The highest BCUT2D eigenvalue weighted by molar-refractivity contribution is 5.94. The van der Waals surface area contributed by atoms with Gasteiger partial charge >= 0.3 is 0 Å². The predicted octanol–water partition coefficient (Wildman–Crippen LogP) is 3.70. The lowest BCUT2D eigenvalue weighted by Gasteiger charge is -2.29. The van der Waals surface area contributed by atoms with Crippen molar-refractivity contribution in [1.82, 2.24) is 25.0 Å². The van der Waals surface area contributed by atoms with Gasteiger partial charge in [0.1, 0.15) is 0 Å². The van der Waals surface area contributed by atoms with Gasteiger partial charge in [0.2, 0.25) is 0 Å². The summed E-state index contributed by atoms with van der Waals surface area (Å²) in [4.78, 5) is 19.7. The molecule has 0 bridgehead atoms. The maximum absolute atomic E-state index is 13.1. The molecule has 1 aliphatic heterocycles. The Balaban J connectivity index is 1.47. The maximum atomic E-state index is 13.1. The van der Waals surface area contributed by atoms with Crippen LogP contribution in [0.25, 0.3) is 0 Å². The second-order valence-corrected chi connectivity index (χ2v) is 9.01. The molecule has 0 unspecified atom stereocenters. The molecule has 3 aromatic rings. The van der Waals surface area contributed by atoms with Crippen LogP contribution in [0.1, 0.15) is 53.1 Å². The van der Waals surface area contributed by atoms with Crippen LogP contribution in [-0.4, -0.2) is 45.2 Å². The van der Waals surface area contributed by atoms with Crippen molar-refractivity contribution in [2.75, 3.05) is 19.6 Å². The van der Waals surface area contributed by atoms with Crippen molar-refractivity contribution in [3.05, 3.63) is 82.9 Å². The van der Waals surface area contributed by atoms with Crippen LogP contribution in [-0.2, 0) is 25.9 Å². The minimum Gasteiger partial charge on any atom is -0.351 e. The van der Waals surface area contributed by atoms with Gasteiger partial charge in [-0.15, -0.1) is 0 Å². The standard InChI is InChI=1S/C26H33N5O/c1-20(2)17-30-16-12-24-23(19-30)25(29-31(24)18-22-10-14-27-15-11-22)26(32)28-13-6-9-21-7-4-3-5-8-21/h3-5,7-8,10-11,14-15,20H,6,9,12-13,16-19H2,1-2H3,(H,28,32). The minimum atomic E-state index is -0.0609. The number of aromatic nitrogens is 3. The van der Waals surface area contributed by atoms with E-state index in [1.165, 1.54) is 11.3 Å². The Morgan fingerprint density at radius 2 is 1.88 bits per heavy atom. The van der Waals surface area contributed by atoms with E-state index in [4.69, 9.17) is 5.10 Å². The summed E-state index contributed by atoms with van der Waals surface area (Å²) in [6, 6.07) is 14.4. The van der Waals surface area contributed by atoms with Gasteiger partial charge in [-0.2, -0.15) is 5.10 Å². The molecule has 0 aliphatic carbocycles. The number of carbonyl (C=O) groups is 1. The van der Waals surface area contributed by atoms with Crippen LogP contribution in [0.3, 0.4) is 0 Å². The third kappa shape index (κ3) is 5.62. The van der Waals surface area contributed by atoms with E-state index in [1.807, 2.05) is 22.9 Å². The van der Waals surface area contributed by atoms with Gasteiger partial charge in [-0.3, -0.25) is 19.4 Å². The average molecular weight is 432 g/mol. The Hall–Kier alpha value is -2.99. The highest BCUT2D eigenvalue weighted by Gasteiger charge is 2.28. The first-order chi connectivity index (χ1) is 15.6. The average Bonchev–Trinajstić information content (AvgIpc) is 3.15. The number of nitrogens with one attached hydrogen (secondary N) is 1. The van der Waals surface area contributed by atoms with Crippen LogP contribution in [0, 0.1) is 5.92 Å². The van der Waals surface area contributed by atoms with Crippen molar-refractivity contribution < 1.29 is 4.79 Å². The Bertz CT molecular complexity index is 1010. The molecule has 32 heavy (non-hydrogen) atoms. The Morgan fingerprint density at radius 3 is 2.62 bits per heavy atom. The SMILES string of the molecule is CC(C)CN1CCc2c(c(C(=O)NCCCc3ccccc3)nn2Cc2ccncc2)C1. The van der Waals surface area contributed by atoms with Crippen LogP contribution >= 0.6 is 0 Å². The van der Waals surface area contributed by atoms with Crippen LogP contribution < -0.4 is 5.32 Å². The van der Waals surface area contributed by atoms with Crippen LogP contribution in [0.4, 0.5) is 0 Å². The fraction of sp³-hybridized carbons (Fsp3) is 0.423. The molecule has 4 rings (SSSR count). The molecule has 6 nitrogen and oxygen atoms in total. The molecule has 1 aromatic carbocycles. The molecule has 168 valence electrons. The summed E-state index contributed by atoms with van der Waals surface area (Å²) < 4.78 is 2.02. The number of hydrogen-bond donors (Lipinski definition) is 1. The van der Waals surface area contributed by atoms with Gasteiger partial charge in [-0.05, 0) is 42.0 Å². The lowest BCUT2D eigenvalue weighted by atomic mass is 10.0. The molecule has 0 spiro atoms. The molecule has 1 amide bonds. The molecule has 6 heteroatoms. The molecule has 0 saturated heterocycles. The van der Waals surface area contributed by atoms with Crippen molar-refractivity contribution in [3.8, 4) is 0 Å². The molecule has 1 aliphatic rings. The number of amides is 1. The molecule has 3 heterocycles. The summed E-state index contributed by atoms with van der Waals surface area (Å²) in [5, 5.41) is 7.90. The molecule has 0 radical (unpaired) electrons. The van der Waals surface area contributed by atoms with Crippen molar-refractivity contribution in [3.63, 3.8) is 0 Å². The van der Waals surface area contributed by atoms with E-state index in [0.29, 0.717) is 24.7 Å². The van der Waals surface area contributed by atoms with Gasteiger partial charge < -0.3 is 5.32 Å². The van der Waals surface area contributed by atoms with E-state index in [0.717, 1.165) is 50.0 Å². The van der Waals surface area contributed by atoms with E-state index in [1.54, 1.807) is 12.4 Å². The number of hydrogen-bond acceptors (Lipinski definition) is 4. The van der Waals surface area contributed by atoms with Gasteiger partial charge in [0, 0.05) is 56.3 Å². The van der Waals surface area contributed by atoms with Crippen molar-refractivity contribution >= 4 is 5.91 Å². The summed E-state index contributed by atoms with van der Waals surface area (Å²) >= 11 is 0. The fourth-order valence-corrected chi connectivity index (χ4v) is 4.42. The van der Waals surface area contributed by atoms with Gasteiger partial charge in [0.25, 0.3) is 5.91 Å². The molecule has 0 saturated carbocycles. The zero-order valence-corrected chi connectivity index (χ0v) is 19.1. The van der Waals surface area contributed by atoms with Gasteiger partial charge in [0.05, 0.1) is 6.54 Å². The quantitative estimate of drug-likeness (QED) is 0.525. The first kappa shape index (κ1) is 22.2. The number of fused-ring (bicyclic) bond motifs is 1. The summed E-state index contributed by atoms with van der Waals surface area (Å²) in [5.74, 6) is 0.535. The second-order valence-electron chi connectivity index (χ2n) is 9.01. The smallest absolute Gasteiger partial charge is 0.272 e.